The molecule has 1 aliphatic rings. The Balaban J connectivity index is 1.24. The van der Waals surface area contributed by atoms with Crippen LogP contribution in [0.3, 0.4) is 0 Å². The van der Waals surface area contributed by atoms with Crippen LogP contribution in [0.1, 0.15) is 47.5 Å². The summed E-state index contributed by atoms with van der Waals surface area (Å²) in [7, 11) is 2.09. The Morgan fingerprint density at radius 2 is 1.76 bits per heavy atom. The van der Waals surface area contributed by atoms with Crippen molar-refractivity contribution in [2.24, 2.45) is 5.92 Å². The predicted octanol–water partition coefficient (Wildman–Crippen LogP) is 4.82. The Morgan fingerprint density at radius 3 is 2.46 bits per heavy atom. The molecule has 0 unspecified atom stereocenters. The molecule has 8 heteroatoms. The van der Waals surface area contributed by atoms with Crippen molar-refractivity contribution in [2.75, 3.05) is 25.0 Å². The third kappa shape index (κ3) is 5.59. The predicted molar refractivity (Wildman–Crippen MR) is 144 cm³/mol. The van der Waals surface area contributed by atoms with Crippen LogP contribution in [0.5, 0.6) is 0 Å². The number of nitrogens with one attached hydrogen (secondary N) is 1. The standard InChI is InChI=1S/C29H34N6O2/c1-21(2)27(30-29(36)23-14-18-37-20-23)28-32-31-26-13-15-34(16-17-35(26)28)19-22-9-11-25(12-10-22)33(3)24-7-5-4-6-8-24/h4-12,14,18,20-21,27H,13,15-17,19H2,1-3H3,(H,30,36)/t27-/m1/s1. The summed E-state index contributed by atoms with van der Waals surface area (Å²) in [6.45, 7) is 7.65. The number of amides is 1. The van der Waals surface area contributed by atoms with Crippen molar-refractivity contribution in [2.45, 2.75) is 39.4 Å². The second kappa shape index (κ2) is 11.0. The minimum atomic E-state index is -0.232. The van der Waals surface area contributed by atoms with E-state index in [0.29, 0.717) is 5.56 Å². The number of hydrogen-bond acceptors (Lipinski definition) is 6. The third-order valence-corrected chi connectivity index (χ3v) is 7.04. The van der Waals surface area contributed by atoms with E-state index in [-0.39, 0.29) is 17.9 Å². The molecule has 1 amide bonds. The van der Waals surface area contributed by atoms with Crippen LogP contribution in [-0.2, 0) is 19.5 Å². The van der Waals surface area contributed by atoms with Gasteiger partial charge < -0.3 is 19.2 Å². The highest BCUT2D eigenvalue weighted by molar-refractivity contribution is 5.94. The summed E-state index contributed by atoms with van der Waals surface area (Å²) >= 11 is 0. The van der Waals surface area contributed by atoms with Gasteiger partial charge in [-0.25, -0.2) is 0 Å². The number of carbonyl (C=O) groups excluding carboxylic acids is 1. The summed E-state index contributed by atoms with van der Waals surface area (Å²) in [5, 5.41) is 12.1. The van der Waals surface area contributed by atoms with Gasteiger partial charge in [-0.1, -0.05) is 44.2 Å². The van der Waals surface area contributed by atoms with Crippen molar-refractivity contribution in [3.63, 3.8) is 0 Å². The van der Waals surface area contributed by atoms with Crippen LogP contribution in [0, 0.1) is 5.92 Å². The van der Waals surface area contributed by atoms with Crippen molar-refractivity contribution < 1.29 is 9.21 Å². The molecule has 3 heterocycles. The summed E-state index contributed by atoms with van der Waals surface area (Å²) in [6, 6.07) is 20.6. The minimum Gasteiger partial charge on any atom is -0.472 e. The molecular formula is C29H34N6O2. The van der Waals surface area contributed by atoms with Crippen LogP contribution in [-0.4, -0.2) is 45.7 Å². The molecule has 1 atom stereocenters. The Hall–Kier alpha value is -3.91. The van der Waals surface area contributed by atoms with E-state index in [1.165, 1.54) is 29.5 Å². The zero-order valence-corrected chi connectivity index (χ0v) is 21.7. The van der Waals surface area contributed by atoms with Gasteiger partial charge in [0.25, 0.3) is 5.91 Å². The Kier molecular flexibility index (Phi) is 7.37. The molecule has 4 aromatic rings. The Bertz CT molecular complexity index is 1300. The fourth-order valence-corrected chi connectivity index (χ4v) is 4.81. The monoisotopic (exact) mass is 498 g/mol. The fourth-order valence-electron chi connectivity index (χ4n) is 4.81. The number of nitrogens with zero attached hydrogens (tertiary/aromatic N) is 5. The molecule has 0 fully saturated rings. The molecular weight excluding hydrogens is 464 g/mol. The zero-order valence-electron chi connectivity index (χ0n) is 21.7. The van der Waals surface area contributed by atoms with Gasteiger partial charge in [0.15, 0.2) is 5.82 Å². The van der Waals surface area contributed by atoms with Gasteiger partial charge in [0.2, 0.25) is 0 Å². The summed E-state index contributed by atoms with van der Waals surface area (Å²) in [5.74, 6) is 1.79. The number of anilines is 2. The molecule has 1 N–H and O–H groups in total. The van der Waals surface area contributed by atoms with E-state index in [0.717, 1.165) is 44.2 Å². The lowest BCUT2D eigenvalue weighted by atomic mass is 10.0. The Labute approximate surface area is 217 Å². The van der Waals surface area contributed by atoms with E-state index < -0.39 is 0 Å². The van der Waals surface area contributed by atoms with Gasteiger partial charge in [-0.15, -0.1) is 10.2 Å². The van der Waals surface area contributed by atoms with Crippen LogP contribution in [0.25, 0.3) is 0 Å². The van der Waals surface area contributed by atoms with Crippen molar-refractivity contribution in [1.82, 2.24) is 25.0 Å². The third-order valence-electron chi connectivity index (χ3n) is 7.04. The summed E-state index contributed by atoms with van der Waals surface area (Å²) in [6.07, 6.45) is 3.79. The number of carbonyl (C=O) groups is 1. The van der Waals surface area contributed by atoms with Gasteiger partial charge in [-0.2, -0.15) is 0 Å². The molecule has 8 nitrogen and oxygen atoms in total. The van der Waals surface area contributed by atoms with E-state index in [1.807, 2.05) is 6.07 Å². The topological polar surface area (TPSA) is 79.4 Å². The molecule has 2 aromatic heterocycles. The Morgan fingerprint density at radius 1 is 1.00 bits per heavy atom. The maximum absolute atomic E-state index is 12.7. The molecule has 0 radical (unpaired) electrons. The van der Waals surface area contributed by atoms with Crippen LogP contribution in [0.15, 0.2) is 77.6 Å². The second-order valence-electron chi connectivity index (χ2n) is 9.92. The number of rotatable bonds is 8. The normalized spacial score (nSPS) is 14.7. The highest BCUT2D eigenvalue weighted by Gasteiger charge is 2.28. The number of para-hydroxylation sites is 1. The second-order valence-corrected chi connectivity index (χ2v) is 9.92. The fraction of sp³-hybridized carbons (Fsp3) is 0.345. The largest absolute Gasteiger partial charge is 0.472 e. The lowest BCUT2D eigenvalue weighted by Crippen LogP contribution is -2.34. The van der Waals surface area contributed by atoms with E-state index >= 15 is 0 Å². The van der Waals surface area contributed by atoms with Crippen molar-refractivity contribution in [1.29, 1.82) is 0 Å². The minimum absolute atomic E-state index is 0.163. The molecule has 0 saturated heterocycles. The quantitative estimate of drug-likeness (QED) is 0.375. The first-order valence-electron chi connectivity index (χ1n) is 12.8. The first-order valence-corrected chi connectivity index (χ1v) is 12.8. The molecule has 0 bridgehead atoms. The smallest absolute Gasteiger partial charge is 0.255 e. The van der Waals surface area contributed by atoms with Crippen molar-refractivity contribution in [3.8, 4) is 0 Å². The van der Waals surface area contributed by atoms with Gasteiger partial charge >= 0.3 is 0 Å². The molecule has 0 aliphatic carbocycles. The number of hydrogen-bond donors (Lipinski definition) is 1. The molecule has 2 aromatic carbocycles. The van der Waals surface area contributed by atoms with Crippen LogP contribution in [0.2, 0.25) is 0 Å². The average Bonchev–Trinajstić information content (AvgIpc) is 3.56. The van der Waals surface area contributed by atoms with Crippen LogP contribution < -0.4 is 10.2 Å². The van der Waals surface area contributed by atoms with Gasteiger partial charge in [0.1, 0.15) is 12.1 Å². The average molecular weight is 499 g/mol. The van der Waals surface area contributed by atoms with Crippen molar-refractivity contribution >= 4 is 17.3 Å². The van der Waals surface area contributed by atoms with Crippen LogP contribution in [0.4, 0.5) is 11.4 Å². The lowest BCUT2D eigenvalue weighted by molar-refractivity contribution is 0.0921. The molecule has 37 heavy (non-hydrogen) atoms. The van der Waals surface area contributed by atoms with E-state index in [9.17, 15) is 4.79 Å². The maximum Gasteiger partial charge on any atom is 0.255 e. The first kappa shape index (κ1) is 24.8. The molecule has 192 valence electrons. The molecule has 0 saturated carbocycles. The van der Waals surface area contributed by atoms with Crippen LogP contribution >= 0.6 is 0 Å². The molecule has 0 spiro atoms. The van der Waals surface area contributed by atoms with Gasteiger partial charge in [0, 0.05) is 51.0 Å². The number of furan rings is 1. The van der Waals surface area contributed by atoms with E-state index in [2.05, 4.69) is 99.3 Å². The van der Waals surface area contributed by atoms with Gasteiger partial charge in [0.05, 0.1) is 17.9 Å². The summed E-state index contributed by atoms with van der Waals surface area (Å²) in [4.78, 5) is 17.4. The van der Waals surface area contributed by atoms with Gasteiger partial charge in [-0.05, 0) is 41.8 Å². The zero-order chi connectivity index (χ0) is 25.8. The molecule has 1 aliphatic heterocycles. The number of fused-ring (bicyclic) bond motifs is 1. The van der Waals surface area contributed by atoms with E-state index in [4.69, 9.17) is 4.42 Å². The summed E-state index contributed by atoms with van der Waals surface area (Å²) < 4.78 is 7.27. The number of benzene rings is 2. The highest BCUT2D eigenvalue weighted by Crippen LogP contribution is 2.25. The first-order chi connectivity index (χ1) is 18.0. The number of aromatic nitrogens is 3. The van der Waals surface area contributed by atoms with Crippen molar-refractivity contribution in [3.05, 3.63) is 96.0 Å². The van der Waals surface area contributed by atoms with E-state index in [1.54, 1.807) is 6.07 Å². The molecule has 5 rings (SSSR count). The maximum atomic E-state index is 12.7. The highest BCUT2D eigenvalue weighted by atomic mass is 16.3. The SMILES string of the molecule is CC(C)[C@@H](NC(=O)c1ccoc1)c1nnc2n1CCN(Cc1ccc(N(C)c3ccccc3)cc1)CC2. The van der Waals surface area contributed by atoms with Gasteiger partial charge in [-0.3, -0.25) is 9.69 Å². The summed E-state index contributed by atoms with van der Waals surface area (Å²) in [5.41, 5.74) is 4.13. The lowest BCUT2D eigenvalue weighted by Gasteiger charge is -2.23.